The van der Waals surface area contributed by atoms with Crippen molar-refractivity contribution in [3.63, 3.8) is 0 Å². The molecule has 4 rings (SSSR count). The summed E-state index contributed by atoms with van der Waals surface area (Å²) in [4.78, 5) is 4.92. The summed E-state index contributed by atoms with van der Waals surface area (Å²) in [6.45, 7) is 0. The Morgan fingerprint density at radius 1 is 0.810 bits per heavy atom. The molecule has 0 saturated heterocycles. The van der Waals surface area contributed by atoms with Crippen LogP contribution in [0.5, 0.6) is 0 Å². The van der Waals surface area contributed by atoms with Gasteiger partial charge in [0.2, 0.25) is 0 Å². The van der Waals surface area contributed by atoms with E-state index in [4.69, 9.17) is 4.98 Å². The van der Waals surface area contributed by atoms with Gasteiger partial charge in [0.25, 0.3) is 0 Å². The summed E-state index contributed by atoms with van der Waals surface area (Å²) < 4.78 is 1.09. The van der Waals surface area contributed by atoms with Gasteiger partial charge in [-0.15, -0.1) is 0 Å². The second kappa shape index (κ2) is 5.12. The number of aromatic nitrogens is 1. The molecule has 1 heterocycles. The van der Waals surface area contributed by atoms with Crippen LogP contribution in [0.25, 0.3) is 34.3 Å². The third kappa shape index (κ3) is 2.30. The molecular weight excluding hydrogens is 322 g/mol. The molecular formula is C19H14BrN. The summed E-state index contributed by atoms with van der Waals surface area (Å²) >= 11 is 3.48. The first-order valence-electron chi connectivity index (χ1n) is 7.17. The minimum Gasteiger partial charge on any atom is -0.247 e. The van der Waals surface area contributed by atoms with Crippen molar-refractivity contribution < 1.29 is 0 Å². The highest BCUT2D eigenvalue weighted by Gasteiger charge is 2.05. The van der Waals surface area contributed by atoms with E-state index in [1.165, 1.54) is 15.8 Å². The van der Waals surface area contributed by atoms with Crippen molar-refractivity contribution in [2.45, 2.75) is 12.8 Å². The molecule has 0 aliphatic heterocycles. The van der Waals surface area contributed by atoms with Crippen LogP contribution in [0.4, 0.5) is 0 Å². The van der Waals surface area contributed by atoms with Gasteiger partial charge in [-0.2, -0.15) is 0 Å². The number of rotatable bonds is 1. The maximum atomic E-state index is 4.92. The van der Waals surface area contributed by atoms with E-state index in [0.29, 0.717) is 0 Å². The van der Waals surface area contributed by atoms with Gasteiger partial charge in [0.15, 0.2) is 0 Å². The van der Waals surface area contributed by atoms with Crippen molar-refractivity contribution >= 4 is 39.0 Å². The van der Waals surface area contributed by atoms with E-state index in [9.17, 15) is 0 Å². The zero-order valence-electron chi connectivity index (χ0n) is 11.5. The van der Waals surface area contributed by atoms with Crippen molar-refractivity contribution in [3.8, 4) is 11.3 Å². The second-order valence-corrected chi connectivity index (χ2v) is 6.24. The predicted octanol–water partition coefficient (Wildman–Crippen LogP) is 4.02. The minimum atomic E-state index is 1.03. The molecule has 1 aliphatic carbocycles. The van der Waals surface area contributed by atoms with Gasteiger partial charge in [-0.1, -0.05) is 58.4 Å². The lowest BCUT2D eigenvalue weighted by Gasteiger charge is -2.07. The fourth-order valence-corrected chi connectivity index (χ4v) is 3.13. The molecule has 1 aromatic heterocycles. The Hall–Kier alpha value is -1.93. The van der Waals surface area contributed by atoms with Crippen LogP contribution >= 0.6 is 15.9 Å². The third-order valence-corrected chi connectivity index (χ3v) is 4.48. The van der Waals surface area contributed by atoms with Crippen molar-refractivity contribution in [3.05, 3.63) is 63.4 Å². The summed E-state index contributed by atoms with van der Waals surface area (Å²) in [7, 11) is 0. The average molecular weight is 336 g/mol. The summed E-state index contributed by atoms with van der Waals surface area (Å²) in [6, 6.07) is 17.0. The smallest absolute Gasteiger partial charge is 0.0784 e. The van der Waals surface area contributed by atoms with Crippen LogP contribution in [-0.4, -0.2) is 4.98 Å². The number of pyridine rings is 1. The van der Waals surface area contributed by atoms with Gasteiger partial charge in [-0.25, -0.2) is 4.98 Å². The summed E-state index contributed by atoms with van der Waals surface area (Å²) in [5.41, 5.74) is 3.30. The summed E-state index contributed by atoms with van der Waals surface area (Å²) in [5, 5.41) is 3.81. The molecule has 0 bridgehead atoms. The lowest BCUT2D eigenvalue weighted by atomic mass is 10.0. The molecule has 1 nitrogen and oxygen atoms in total. The van der Waals surface area contributed by atoms with Gasteiger partial charge in [0, 0.05) is 20.6 Å². The van der Waals surface area contributed by atoms with Crippen molar-refractivity contribution in [1.82, 2.24) is 4.98 Å². The average Bonchev–Trinajstić information content (AvgIpc) is 2.55. The molecule has 21 heavy (non-hydrogen) atoms. The minimum absolute atomic E-state index is 1.03. The monoisotopic (exact) mass is 335 g/mol. The number of hydrogen-bond donors (Lipinski definition) is 0. The maximum Gasteiger partial charge on any atom is 0.0784 e. The lowest BCUT2D eigenvalue weighted by molar-refractivity contribution is 1.12. The van der Waals surface area contributed by atoms with E-state index in [0.717, 1.165) is 34.1 Å². The molecule has 2 heteroatoms. The van der Waals surface area contributed by atoms with Gasteiger partial charge >= 0.3 is 0 Å². The largest absolute Gasteiger partial charge is 0.247 e. The van der Waals surface area contributed by atoms with Crippen LogP contribution in [0.2, 0.25) is 0 Å². The Labute approximate surface area is 131 Å². The van der Waals surface area contributed by atoms with Crippen LogP contribution in [-0.2, 0) is 0 Å². The molecule has 0 radical (unpaired) electrons. The normalized spacial score (nSPS) is 13.4. The number of halogens is 1. The second-order valence-electron chi connectivity index (χ2n) is 5.33. The number of fused-ring (bicyclic) bond motifs is 3. The summed E-state index contributed by atoms with van der Waals surface area (Å²) in [6.07, 6.45) is 6.86. The number of benzene rings is 2. The van der Waals surface area contributed by atoms with Crippen molar-refractivity contribution in [2.24, 2.45) is 0 Å². The van der Waals surface area contributed by atoms with Crippen molar-refractivity contribution in [1.29, 1.82) is 0 Å². The van der Waals surface area contributed by atoms with E-state index < -0.39 is 0 Å². The van der Waals surface area contributed by atoms with Gasteiger partial charge in [-0.3, -0.25) is 0 Å². The molecule has 0 fully saturated rings. The molecule has 2 aromatic carbocycles. The van der Waals surface area contributed by atoms with Gasteiger partial charge in [-0.05, 0) is 36.3 Å². The quantitative estimate of drug-likeness (QED) is 0.654. The molecule has 102 valence electrons. The third-order valence-electron chi connectivity index (χ3n) is 3.95. The van der Waals surface area contributed by atoms with Crippen molar-refractivity contribution in [2.75, 3.05) is 0 Å². The zero-order chi connectivity index (χ0) is 14.2. The van der Waals surface area contributed by atoms with Crippen LogP contribution in [0.1, 0.15) is 12.8 Å². The van der Waals surface area contributed by atoms with Crippen LogP contribution in [0, 0.1) is 0 Å². The maximum absolute atomic E-state index is 4.92. The molecule has 0 unspecified atom stereocenters. The molecule has 0 amide bonds. The predicted molar refractivity (Wildman–Crippen MR) is 92.3 cm³/mol. The van der Waals surface area contributed by atoms with E-state index in [2.05, 4.69) is 76.6 Å². The van der Waals surface area contributed by atoms with Crippen LogP contribution in [0.3, 0.4) is 0 Å². The van der Waals surface area contributed by atoms with Gasteiger partial charge in [0.05, 0.1) is 11.2 Å². The first-order valence-corrected chi connectivity index (χ1v) is 7.97. The van der Waals surface area contributed by atoms with Crippen LogP contribution in [0.15, 0.2) is 53.0 Å². The van der Waals surface area contributed by atoms with E-state index in [1.54, 1.807) is 0 Å². The zero-order valence-corrected chi connectivity index (χ0v) is 13.1. The Bertz CT molecular complexity index is 940. The molecule has 0 atom stereocenters. The molecule has 0 spiro atoms. The number of hydrogen-bond acceptors (Lipinski definition) is 1. The first-order chi connectivity index (χ1) is 10.3. The van der Waals surface area contributed by atoms with E-state index >= 15 is 0 Å². The number of nitrogens with zero attached hydrogens (tertiary/aromatic N) is 1. The van der Waals surface area contributed by atoms with Crippen LogP contribution < -0.4 is 10.4 Å². The molecule has 0 saturated carbocycles. The Morgan fingerprint density at radius 3 is 2.43 bits per heavy atom. The first kappa shape index (κ1) is 12.8. The molecule has 1 aliphatic rings. The molecule has 3 aromatic rings. The highest BCUT2D eigenvalue weighted by atomic mass is 79.9. The highest BCUT2D eigenvalue weighted by molar-refractivity contribution is 9.10. The Morgan fingerprint density at radius 2 is 1.57 bits per heavy atom. The van der Waals surface area contributed by atoms with E-state index in [-0.39, 0.29) is 0 Å². The fourth-order valence-electron chi connectivity index (χ4n) is 2.87. The van der Waals surface area contributed by atoms with Gasteiger partial charge in [0.1, 0.15) is 0 Å². The fraction of sp³-hybridized carbons (Fsp3) is 0.105. The van der Waals surface area contributed by atoms with E-state index in [1.807, 2.05) is 0 Å². The topological polar surface area (TPSA) is 12.9 Å². The Kier molecular flexibility index (Phi) is 3.12. The Balaban J connectivity index is 1.99. The summed E-state index contributed by atoms with van der Waals surface area (Å²) in [5.74, 6) is 0. The standard InChI is InChI=1S/C19H14BrN/c20-16-10-7-14(8-11-16)18-12-9-15-6-5-13-3-1-2-4-17(13)19(15)21-18/h3-12H,1-2H2. The van der Waals surface area contributed by atoms with Gasteiger partial charge < -0.3 is 0 Å². The highest BCUT2D eigenvalue weighted by Crippen LogP contribution is 2.21. The lowest BCUT2D eigenvalue weighted by Crippen LogP contribution is -2.27. The SMILES string of the molecule is Brc1ccc(-c2ccc3ccc4c(c3n2)=CCCC=4)cc1. The molecule has 0 N–H and O–H groups in total.